The number of nitrogens with zero attached hydrogens (tertiary/aromatic N) is 4. The molecular formula is C12H20N6O2S. The van der Waals surface area contributed by atoms with Crippen LogP contribution in [0.3, 0.4) is 0 Å². The van der Waals surface area contributed by atoms with Gasteiger partial charge in [-0.15, -0.1) is 0 Å². The van der Waals surface area contributed by atoms with E-state index < -0.39 is 0 Å². The highest BCUT2D eigenvalue weighted by Crippen LogP contribution is 2.23. The average molecular weight is 312 g/mol. The number of nitrogens with two attached hydrogens (primary N) is 2. The summed E-state index contributed by atoms with van der Waals surface area (Å²) in [6, 6.07) is 0. The molecule has 2 aliphatic heterocycles. The normalized spacial score (nSPS) is 26.3. The van der Waals surface area contributed by atoms with Gasteiger partial charge in [-0.2, -0.15) is 9.36 Å². The first-order chi connectivity index (χ1) is 10.2. The van der Waals surface area contributed by atoms with Crippen molar-refractivity contribution in [1.82, 2.24) is 14.3 Å². The third-order valence-corrected chi connectivity index (χ3v) is 4.73. The Morgan fingerprint density at radius 3 is 2.67 bits per heavy atom. The summed E-state index contributed by atoms with van der Waals surface area (Å²) in [6.45, 7) is 3.31. The van der Waals surface area contributed by atoms with Crippen LogP contribution in [0.15, 0.2) is 0 Å². The van der Waals surface area contributed by atoms with Gasteiger partial charge in [-0.1, -0.05) is 0 Å². The number of nitrogen functional groups attached to an aromatic ring is 1. The van der Waals surface area contributed by atoms with Gasteiger partial charge in [0.05, 0.1) is 6.10 Å². The van der Waals surface area contributed by atoms with Gasteiger partial charge in [-0.05, 0) is 12.8 Å². The van der Waals surface area contributed by atoms with Crippen molar-refractivity contribution in [2.75, 3.05) is 43.4 Å². The molecule has 0 bridgehead atoms. The predicted molar refractivity (Wildman–Crippen MR) is 80.1 cm³/mol. The molecule has 116 valence electrons. The minimum absolute atomic E-state index is 0.0320. The molecule has 2 aliphatic rings. The van der Waals surface area contributed by atoms with Gasteiger partial charge >= 0.3 is 0 Å². The van der Waals surface area contributed by atoms with Gasteiger partial charge in [0, 0.05) is 44.3 Å². The molecule has 1 aromatic rings. The number of hydrogen-bond donors (Lipinski definition) is 2. The number of amides is 1. The van der Waals surface area contributed by atoms with E-state index in [9.17, 15) is 4.79 Å². The van der Waals surface area contributed by atoms with Crippen LogP contribution >= 0.6 is 11.5 Å². The van der Waals surface area contributed by atoms with Crippen LogP contribution in [0.1, 0.15) is 12.8 Å². The monoisotopic (exact) mass is 312 g/mol. The third-order valence-electron chi connectivity index (χ3n) is 3.94. The molecule has 0 unspecified atom stereocenters. The number of carbonyl (C=O) groups excluding carboxylic acids is 1. The Hall–Kier alpha value is -1.45. The molecule has 2 fully saturated rings. The van der Waals surface area contributed by atoms with Crippen molar-refractivity contribution in [2.45, 2.75) is 25.0 Å². The van der Waals surface area contributed by atoms with Crippen molar-refractivity contribution in [3.05, 3.63) is 0 Å². The lowest BCUT2D eigenvalue weighted by Crippen LogP contribution is -2.51. The second-order valence-corrected chi connectivity index (χ2v) is 6.04. The summed E-state index contributed by atoms with van der Waals surface area (Å²) in [6.07, 6.45) is 1.36. The number of anilines is 2. The maximum Gasteiger partial charge on any atom is 0.251 e. The Bertz CT molecular complexity index is 502. The topological polar surface area (TPSA) is 111 Å². The van der Waals surface area contributed by atoms with Crippen LogP contribution in [0, 0.1) is 0 Å². The molecule has 3 rings (SSSR count). The number of ether oxygens (including phenoxy) is 1. The maximum absolute atomic E-state index is 12.4. The molecule has 1 aromatic heterocycles. The number of carbonyl (C=O) groups is 1. The molecule has 9 heteroatoms. The fourth-order valence-electron chi connectivity index (χ4n) is 2.74. The smallest absolute Gasteiger partial charge is 0.251 e. The summed E-state index contributed by atoms with van der Waals surface area (Å²) in [5.74, 6) is 0.392. The largest absolute Gasteiger partial charge is 0.367 e. The van der Waals surface area contributed by atoms with Crippen LogP contribution in [0.4, 0.5) is 11.1 Å². The van der Waals surface area contributed by atoms with E-state index in [4.69, 9.17) is 16.2 Å². The minimum atomic E-state index is -0.317. The van der Waals surface area contributed by atoms with E-state index in [0.717, 1.165) is 31.1 Å². The first-order valence-corrected chi connectivity index (χ1v) is 7.93. The lowest BCUT2D eigenvalue weighted by Gasteiger charge is -2.35. The minimum Gasteiger partial charge on any atom is -0.367 e. The van der Waals surface area contributed by atoms with Crippen molar-refractivity contribution >= 4 is 28.5 Å². The van der Waals surface area contributed by atoms with Gasteiger partial charge in [0.2, 0.25) is 11.1 Å². The van der Waals surface area contributed by atoms with Crippen LogP contribution < -0.4 is 16.4 Å². The molecule has 3 heterocycles. The summed E-state index contributed by atoms with van der Waals surface area (Å²) in [7, 11) is 0. The summed E-state index contributed by atoms with van der Waals surface area (Å²) < 4.78 is 9.65. The summed E-state index contributed by atoms with van der Waals surface area (Å²) in [4.78, 5) is 20.5. The van der Waals surface area contributed by atoms with E-state index in [-0.39, 0.29) is 18.1 Å². The zero-order chi connectivity index (χ0) is 14.8. The second kappa shape index (κ2) is 6.12. The Kier molecular flexibility index (Phi) is 4.22. The van der Waals surface area contributed by atoms with Gasteiger partial charge < -0.3 is 26.0 Å². The van der Waals surface area contributed by atoms with Gasteiger partial charge in [-0.25, -0.2) is 0 Å². The van der Waals surface area contributed by atoms with E-state index >= 15 is 0 Å². The average Bonchev–Trinajstić information content (AvgIpc) is 3.15. The molecule has 21 heavy (non-hydrogen) atoms. The highest BCUT2D eigenvalue weighted by molar-refractivity contribution is 7.09. The Morgan fingerprint density at radius 1 is 1.33 bits per heavy atom. The van der Waals surface area contributed by atoms with Gasteiger partial charge in [0.25, 0.3) is 5.91 Å². The molecule has 0 radical (unpaired) electrons. The van der Waals surface area contributed by atoms with Crippen LogP contribution in [-0.4, -0.2) is 65.1 Å². The predicted octanol–water partition coefficient (Wildman–Crippen LogP) is -0.725. The lowest BCUT2D eigenvalue weighted by molar-refractivity contribution is -0.143. The molecule has 8 nitrogen and oxygen atoms in total. The Morgan fingerprint density at radius 2 is 2.10 bits per heavy atom. The molecule has 0 aliphatic carbocycles. The number of piperazine rings is 1. The molecule has 4 N–H and O–H groups in total. The molecule has 2 atom stereocenters. The molecule has 0 spiro atoms. The molecule has 0 aromatic carbocycles. The highest BCUT2D eigenvalue weighted by atomic mass is 32.1. The number of rotatable bonds is 3. The van der Waals surface area contributed by atoms with Crippen LogP contribution in [0.25, 0.3) is 0 Å². The van der Waals surface area contributed by atoms with Crippen LogP contribution in [-0.2, 0) is 9.53 Å². The zero-order valence-electron chi connectivity index (χ0n) is 11.8. The standard InChI is InChI=1S/C12H20N6O2S/c13-7-8-1-2-9(20-8)10(19)17-3-5-18(6-4-17)12-15-11(14)16-21-12/h8-9H,1-7,13H2,(H2,14,16)/t8-,9+/m1/s1. The van der Waals surface area contributed by atoms with Gasteiger partial charge in [-0.3, -0.25) is 4.79 Å². The van der Waals surface area contributed by atoms with E-state index in [2.05, 4.69) is 14.3 Å². The van der Waals surface area contributed by atoms with Crippen molar-refractivity contribution in [1.29, 1.82) is 0 Å². The highest BCUT2D eigenvalue weighted by Gasteiger charge is 2.34. The van der Waals surface area contributed by atoms with E-state index in [1.165, 1.54) is 11.5 Å². The fraction of sp³-hybridized carbons (Fsp3) is 0.750. The first kappa shape index (κ1) is 14.5. The third kappa shape index (κ3) is 3.09. The van der Waals surface area contributed by atoms with Gasteiger partial charge in [0.15, 0.2) is 0 Å². The molecule has 1 amide bonds. The van der Waals surface area contributed by atoms with Crippen molar-refractivity contribution in [2.24, 2.45) is 5.73 Å². The SMILES string of the molecule is NC[C@H]1CC[C@@H](C(=O)N2CCN(c3nc(N)ns3)CC2)O1. The second-order valence-electron chi connectivity index (χ2n) is 5.31. The molecule has 2 saturated heterocycles. The lowest BCUT2D eigenvalue weighted by atomic mass is 10.1. The van der Waals surface area contributed by atoms with E-state index in [0.29, 0.717) is 25.6 Å². The Labute approximate surface area is 127 Å². The van der Waals surface area contributed by atoms with Crippen molar-refractivity contribution < 1.29 is 9.53 Å². The fourth-order valence-corrected chi connectivity index (χ4v) is 3.39. The van der Waals surface area contributed by atoms with Crippen LogP contribution in [0.2, 0.25) is 0 Å². The van der Waals surface area contributed by atoms with Gasteiger partial charge in [0.1, 0.15) is 6.10 Å². The Balaban J connectivity index is 1.52. The quantitative estimate of drug-likeness (QED) is 0.757. The molecular weight excluding hydrogens is 292 g/mol. The number of aromatic nitrogens is 2. The summed E-state index contributed by atoms with van der Waals surface area (Å²) in [5, 5.41) is 0.819. The van der Waals surface area contributed by atoms with E-state index in [1.807, 2.05) is 4.90 Å². The maximum atomic E-state index is 12.4. The molecule has 0 saturated carbocycles. The first-order valence-electron chi connectivity index (χ1n) is 7.16. The summed E-state index contributed by atoms with van der Waals surface area (Å²) in [5.41, 5.74) is 11.1. The summed E-state index contributed by atoms with van der Waals surface area (Å²) >= 11 is 1.29. The zero-order valence-corrected chi connectivity index (χ0v) is 12.6. The number of hydrogen-bond acceptors (Lipinski definition) is 8. The van der Waals surface area contributed by atoms with Crippen LogP contribution in [0.5, 0.6) is 0 Å². The van der Waals surface area contributed by atoms with Crippen molar-refractivity contribution in [3.8, 4) is 0 Å². The van der Waals surface area contributed by atoms with E-state index in [1.54, 1.807) is 0 Å². The van der Waals surface area contributed by atoms with Crippen molar-refractivity contribution in [3.63, 3.8) is 0 Å².